The highest BCUT2D eigenvalue weighted by atomic mass is 16.8. The van der Waals surface area contributed by atoms with E-state index in [2.05, 4.69) is 20.7 Å². The molecule has 0 spiro atoms. The van der Waals surface area contributed by atoms with E-state index in [-0.39, 0.29) is 32.8 Å². The Morgan fingerprint density at radius 3 is 1.36 bits per heavy atom. The van der Waals surface area contributed by atoms with E-state index in [0.29, 0.717) is 11.1 Å². The maximum Gasteiger partial charge on any atom is 0.303 e. The second kappa shape index (κ2) is 31.0. The third kappa shape index (κ3) is 19.3. The predicted octanol–water partition coefficient (Wildman–Crippen LogP) is 2.31. The van der Waals surface area contributed by atoms with Gasteiger partial charge in [0.05, 0.1) is 19.8 Å². The van der Waals surface area contributed by atoms with Crippen molar-refractivity contribution in [1.82, 2.24) is 10.6 Å². The lowest BCUT2D eigenvalue weighted by atomic mass is 9.94. The summed E-state index contributed by atoms with van der Waals surface area (Å²) in [4.78, 5) is 104. The number of nitrogens with zero attached hydrogens (tertiary/aromatic N) is 3. The molecule has 0 aliphatic carbocycles. The second-order valence-electron chi connectivity index (χ2n) is 18.1. The number of hydrogen-bond acceptors (Lipinski definition) is 23. The molecule has 0 saturated carbocycles. The van der Waals surface area contributed by atoms with Crippen LogP contribution >= 0.6 is 0 Å². The number of hydrogen-bond donors (Lipinski definition) is 2. The molecular weight excluding hydrogens is 1030 g/mol. The van der Waals surface area contributed by atoms with E-state index in [4.69, 9.17) is 71.8 Å². The first-order chi connectivity index (χ1) is 37.2. The average Bonchev–Trinajstić information content (AvgIpc) is 3.44. The van der Waals surface area contributed by atoms with Gasteiger partial charge in [-0.15, -0.1) is 0 Å². The van der Waals surface area contributed by atoms with Crippen LogP contribution in [0.3, 0.4) is 0 Å². The van der Waals surface area contributed by atoms with Gasteiger partial charge in [-0.05, 0) is 23.1 Å². The molecule has 2 aromatic rings. The van der Waals surface area contributed by atoms with Crippen LogP contribution in [0, 0.1) is 0 Å². The summed E-state index contributed by atoms with van der Waals surface area (Å²) in [6, 6.07) is 15.1. The summed E-state index contributed by atoms with van der Waals surface area (Å²) >= 11 is 0. The van der Waals surface area contributed by atoms with Crippen molar-refractivity contribution >= 4 is 47.6 Å². The molecule has 3 aliphatic heterocycles. The van der Waals surface area contributed by atoms with Crippen molar-refractivity contribution in [2.75, 3.05) is 33.0 Å². The molecule has 0 aromatic heterocycles. The van der Waals surface area contributed by atoms with E-state index in [9.17, 15) is 38.4 Å². The second-order valence-corrected chi connectivity index (χ2v) is 18.1. The summed E-state index contributed by atoms with van der Waals surface area (Å²) in [7, 11) is 0. The molecule has 2 N–H and O–H groups in total. The van der Waals surface area contributed by atoms with Crippen LogP contribution in [0.25, 0.3) is 10.4 Å². The van der Waals surface area contributed by atoms with Crippen LogP contribution in [-0.4, -0.2) is 173 Å². The number of azide groups is 1. The summed E-state index contributed by atoms with van der Waals surface area (Å²) in [5.41, 5.74) is 10.4. The summed E-state index contributed by atoms with van der Waals surface area (Å²) in [5.74, 6) is -6.11. The van der Waals surface area contributed by atoms with E-state index in [0.717, 1.165) is 41.5 Å². The highest BCUT2D eigenvalue weighted by molar-refractivity contribution is 5.74. The fourth-order valence-electron chi connectivity index (χ4n) is 8.78. The maximum absolute atomic E-state index is 13.1. The predicted molar refractivity (Wildman–Crippen MR) is 262 cm³/mol. The Morgan fingerprint density at radius 2 is 0.910 bits per heavy atom. The summed E-state index contributed by atoms with van der Waals surface area (Å²) < 4.78 is 86.2. The first-order valence-electron chi connectivity index (χ1n) is 24.9. The Morgan fingerprint density at radius 1 is 0.487 bits per heavy atom. The lowest BCUT2D eigenvalue weighted by Gasteiger charge is -2.50. The first-order valence-corrected chi connectivity index (χ1v) is 24.9. The Labute approximate surface area is 449 Å². The number of rotatable bonds is 26. The molecule has 5 rings (SSSR count). The lowest BCUT2D eigenvalue weighted by molar-refractivity contribution is -0.368. The van der Waals surface area contributed by atoms with Crippen molar-refractivity contribution in [3.8, 4) is 0 Å². The van der Waals surface area contributed by atoms with Gasteiger partial charge in [-0.25, -0.2) is 0 Å². The fraction of sp³-hybridized carbons (Fsp3) is 0.608. The zero-order valence-corrected chi connectivity index (χ0v) is 44.4. The van der Waals surface area contributed by atoms with Crippen molar-refractivity contribution in [1.29, 1.82) is 0 Å². The van der Waals surface area contributed by atoms with Crippen LogP contribution in [0.4, 0.5) is 0 Å². The Kier molecular flexibility index (Phi) is 24.6. The molecule has 428 valence electrons. The van der Waals surface area contributed by atoms with Gasteiger partial charge in [0.1, 0.15) is 61.9 Å². The highest BCUT2D eigenvalue weighted by Crippen LogP contribution is 2.36. The molecule has 1 unspecified atom stereocenters. The number of carbonyl (C=O) groups is 8. The number of amides is 2. The Balaban J connectivity index is 1.67. The first kappa shape index (κ1) is 62.0. The Bertz CT molecular complexity index is 2380. The minimum atomic E-state index is -1.69. The molecule has 3 aliphatic rings. The van der Waals surface area contributed by atoms with E-state index < -0.39 is 159 Å². The minimum absolute atomic E-state index is 0.0102. The third-order valence-corrected chi connectivity index (χ3v) is 11.8. The van der Waals surface area contributed by atoms with E-state index in [1.165, 1.54) is 13.8 Å². The number of carbonyl (C=O) groups excluding carboxylic acids is 8. The average molecular weight is 1100 g/mol. The van der Waals surface area contributed by atoms with Crippen molar-refractivity contribution in [2.24, 2.45) is 5.11 Å². The van der Waals surface area contributed by atoms with Crippen molar-refractivity contribution in [3.05, 3.63) is 82.2 Å². The smallest absolute Gasteiger partial charge is 0.303 e. The minimum Gasteiger partial charge on any atom is -0.463 e. The van der Waals surface area contributed by atoms with Gasteiger partial charge in [0.15, 0.2) is 43.3 Å². The number of benzene rings is 2. The molecule has 2 aromatic carbocycles. The van der Waals surface area contributed by atoms with Gasteiger partial charge < -0.3 is 76.9 Å². The van der Waals surface area contributed by atoms with Crippen LogP contribution < -0.4 is 10.6 Å². The monoisotopic (exact) mass is 1100 g/mol. The quantitative estimate of drug-likeness (QED) is 0.0341. The van der Waals surface area contributed by atoms with Crippen molar-refractivity contribution in [2.45, 2.75) is 167 Å². The van der Waals surface area contributed by atoms with E-state index in [1.807, 2.05) is 6.07 Å². The molecule has 3 saturated heterocycles. The van der Waals surface area contributed by atoms with Crippen LogP contribution in [0.15, 0.2) is 65.8 Å². The van der Waals surface area contributed by atoms with Crippen LogP contribution in [0.1, 0.15) is 72.9 Å². The van der Waals surface area contributed by atoms with Gasteiger partial charge in [0, 0.05) is 73.5 Å². The number of ether oxygens (including phenoxy) is 14. The summed E-state index contributed by atoms with van der Waals surface area (Å²) in [6.45, 7) is 7.06. The fourth-order valence-corrected chi connectivity index (χ4v) is 8.78. The Hall–Kier alpha value is -6.81. The van der Waals surface area contributed by atoms with Gasteiger partial charge >= 0.3 is 35.8 Å². The molecule has 0 radical (unpaired) electrons. The highest BCUT2D eigenvalue weighted by Gasteiger charge is 2.57. The number of nitrogens with one attached hydrogen (secondary N) is 2. The number of esters is 6. The molecule has 0 bridgehead atoms. The van der Waals surface area contributed by atoms with Crippen molar-refractivity contribution in [3.63, 3.8) is 0 Å². The zero-order chi connectivity index (χ0) is 56.9. The van der Waals surface area contributed by atoms with E-state index in [1.54, 1.807) is 54.6 Å². The van der Waals surface area contributed by atoms with Crippen molar-refractivity contribution < 1.29 is 105 Å². The molecular formula is C51H67N5O22. The molecule has 15 atom stereocenters. The zero-order valence-electron chi connectivity index (χ0n) is 44.4. The van der Waals surface area contributed by atoms with Crippen LogP contribution in [-0.2, 0) is 118 Å². The summed E-state index contributed by atoms with van der Waals surface area (Å²) in [5, 5.41) is 8.96. The van der Waals surface area contributed by atoms with Crippen LogP contribution in [0.5, 0.6) is 0 Å². The molecule has 3 heterocycles. The summed E-state index contributed by atoms with van der Waals surface area (Å²) in [6.07, 6.45) is -18.7. The maximum atomic E-state index is 13.1. The van der Waals surface area contributed by atoms with Gasteiger partial charge in [-0.3, -0.25) is 38.4 Å². The van der Waals surface area contributed by atoms with Gasteiger partial charge in [-0.1, -0.05) is 65.8 Å². The lowest BCUT2D eigenvalue weighted by Crippen LogP contribution is -2.69. The normalized spacial score (nSPS) is 28.5. The molecule has 2 amide bonds. The van der Waals surface area contributed by atoms with Gasteiger partial charge in [0.2, 0.25) is 11.8 Å². The van der Waals surface area contributed by atoms with Gasteiger partial charge in [-0.2, -0.15) is 0 Å². The largest absolute Gasteiger partial charge is 0.463 e. The molecule has 78 heavy (non-hydrogen) atoms. The molecule has 27 heteroatoms. The SMILES string of the molecule is CC(=O)N[C@H]1[C@H](OC[C@H]2OC(OCCCN=[N+]=[N-])[C@@H](O[C@@H]3O[C@H](COC(C)=O)[C@@H](OC(C)=O)[C@H](OC(C)=O)[C@H]3NC(C)=O)[C@@H](OCc3ccccc3)[C@@H]2OCc2ccccc2)O[C@H](COC(C)=O)[C@@H](OC(C)=O)[C@@H]1OC(C)=O. The molecule has 27 nitrogen and oxygen atoms in total. The van der Waals surface area contributed by atoms with Crippen LogP contribution in [0.2, 0.25) is 0 Å². The standard InChI is InChI=1S/C51H67N5O22/c1-27(57)54-40-45(73-33(7)63)43(71-31(5)61)38(24-66-29(3)59)75-49(40)70-26-37-42(68-22-35-16-11-9-12-17-35)47(69-23-36-18-13-10-14-19-36)48(51(77-37)65-21-15-20-53-56-52)78-50-41(55-28(2)58)46(74-34(8)64)44(72-32(6)62)39(76-50)25-67-30(4)60/h9-14,16-19,37-51H,15,20-26H2,1-8H3,(H,54,57)(H,55,58)/t37-,38-,39-,40-,41-,42-,43-,44-,45-,46-,47+,48+,49-,50+,51?/m1/s1. The van der Waals surface area contributed by atoms with E-state index >= 15 is 0 Å². The molecule has 3 fully saturated rings. The van der Waals surface area contributed by atoms with Gasteiger partial charge in [0.25, 0.3) is 0 Å². The topological polar surface area (TPSA) is 339 Å². The third-order valence-electron chi connectivity index (χ3n) is 11.8.